The van der Waals surface area contributed by atoms with E-state index in [1.165, 1.54) is 0 Å². The average molecular weight is 319 g/mol. The van der Waals surface area contributed by atoms with E-state index in [1.54, 1.807) is 24.3 Å². The highest BCUT2D eigenvalue weighted by atomic mass is 16.5. The molecule has 1 N–H and O–H groups in total. The second-order valence-corrected chi connectivity index (χ2v) is 5.29. The van der Waals surface area contributed by atoms with E-state index >= 15 is 0 Å². The van der Waals surface area contributed by atoms with Crippen LogP contribution in [0.25, 0.3) is 0 Å². The highest BCUT2D eigenvalue weighted by Gasteiger charge is 2.28. The summed E-state index contributed by atoms with van der Waals surface area (Å²) in [6, 6.07) is 8.96. The van der Waals surface area contributed by atoms with Crippen LogP contribution in [0.4, 0.5) is 0 Å². The summed E-state index contributed by atoms with van der Waals surface area (Å²) in [6.45, 7) is 2.23. The molecule has 1 fully saturated rings. The monoisotopic (exact) mass is 319 g/mol. The van der Waals surface area contributed by atoms with Crippen molar-refractivity contribution in [1.82, 2.24) is 9.80 Å². The van der Waals surface area contributed by atoms with E-state index in [4.69, 9.17) is 19.9 Å². The molecular weight excluding hydrogens is 298 g/mol. The van der Waals surface area contributed by atoms with Gasteiger partial charge in [-0.25, -0.2) is 0 Å². The molecule has 0 bridgehead atoms. The van der Waals surface area contributed by atoms with Gasteiger partial charge in [0, 0.05) is 18.7 Å². The van der Waals surface area contributed by atoms with Crippen molar-refractivity contribution >= 4 is 12.4 Å². The van der Waals surface area contributed by atoms with Crippen molar-refractivity contribution in [3.63, 3.8) is 0 Å². The largest absolute Gasteiger partial charge is 0.483 e. The van der Waals surface area contributed by atoms with Gasteiger partial charge in [-0.15, -0.1) is 0 Å². The van der Waals surface area contributed by atoms with Crippen LogP contribution in [0.5, 0.6) is 0 Å². The molecule has 1 saturated heterocycles. The summed E-state index contributed by atoms with van der Waals surface area (Å²) in [4.78, 5) is 24.9. The van der Waals surface area contributed by atoms with Crippen molar-refractivity contribution in [1.29, 1.82) is 5.26 Å². The van der Waals surface area contributed by atoms with Gasteiger partial charge < -0.3 is 19.6 Å². The number of benzene rings is 1. The molecule has 1 aliphatic rings. The van der Waals surface area contributed by atoms with Crippen LogP contribution >= 0.6 is 0 Å². The predicted octanol–water partition coefficient (Wildman–Crippen LogP) is 0.662. The molecule has 1 amide bonds. The fraction of sp³-hybridized carbons (Fsp3) is 0.438. The molecule has 7 nitrogen and oxygen atoms in total. The van der Waals surface area contributed by atoms with E-state index in [1.807, 2.05) is 23.9 Å². The summed E-state index contributed by atoms with van der Waals surface area (Å²) in [5.74, 6) is -0.0303. The first-order valence-corrected chi connectivity index (χ1v) is 7.15. The van der Waals surface area contributed by atoms with E-state index in [9.17, 15) is 4.79 Å². The van der Waals surface area contributed by atoms with Crippen LogP contribution in [0.3, 0.4) is 0 Å². The zero-order chi connectivity index (χ0) is 17.2. The lowest BCUT2D eigenvalue weighted by Gasteiger charge is -2.37. The molecule has 0 aromatic heterocycles. The minimum absolute atomic E-state index is 0.0303. The van der Waals surface area contributed by atoms with Crippen LogP contribution in [-0.2, 0) is 9.53 Å². The maximum absolute atomic E-state index is 12.6. The van der Waals surface area contributed by atoms with Gasteiger partial charge in [0.1, 0.15) is 0 Å². The molecule has 1 aromatic rings. The van der Waals surface area contributed by atoms with Crippen LogP contribution < -0.4 is 0 Å². The van der Waals surface area contributed by atoms with Gasteiger partial charge in [-0.2, -0.15) is 5.26 Å². The van der Waals surface area contributed by atoms with Crippen LogP contribution in [-0.4, -0.2) is 73.7 Å². The first-order chi connectivity index (χ1) is 11.0. The summed E-state index contributed by atoms with van der Waals surface area (Å²) >= 11 is 0. The number of hydrogen-bond donors (Lipinski definition) is 1. The number of morpholine rings is 1. The topological polar surface area (TPSA) is 93.9 Å². The Morgan fingerprint density at radius 3 is 2.87 bits per heavy atom. The first kappa shape index (κ1) is 18.6. The third kappa shape index (κ3) is 5.70. The van der Waals surface area contributed by atoms with Crippen molar-refractivity contribution < 1.29 is 19.4 Å². The zero-order valence-corrected chi connectivity index (χ0v) is 13.3. The number of hydrogen-bond acceptors (Lipinski definition) is 5. The molecule has 0 aliphatic carbocycles. The lowest BCUT2D eigenvalue weighted by Crippen LogP contribution is -2.52. The maximum Gasteiger partial charge on any atom is 0.290 e. The summed E-state index contributed by atoms with van der Waals surface area (Å²) in [5.41, 5.74) is 1.07. The van der Waals surface area contributed by atoms with Gasteiger partial charge in [0.05, 0.1) is 30.9 Å². The van der Waals surface area contributed by atoms with Gasteiger partial charge in [-0.3, -0.25) is 9.59 Å². The molecular formula is C16H21N3O4. The Kier molecular flexibility index (Phi) is 7.74. The molecule has 7 heteroatoms. The SMILES string of the molecule is CN(C)CC1COCCN1C(=O)c1cccc(C#N)c1.O=CO. The Labute approximate surface area is 135 Å². The number of nitrogens with zero attached hydrogens (tertiary/aromatic N) is 3. The van der Waals surface area contributed by atoms with Gasteiger partial charge in [0.25, 0.3) is 12.4 Å². The van der Waals surface area contributed by atoms with Crippen molar-refractivity contribution in [3.05, 3.63) is 35.4 Å². The zero-order valence-electron chi connectivity index (χ0n) is 13.3. The number of carbonyl (C=O) groups is 2. The van der Waals surface area contributed by atoms with Crippen LogP contribution in [0.1, 0.15) is 15.9 Å². The number of carboxylic acid groups (broad SMARTS) is 1. The number of amides is 1. The van der Waals surface area contributed by atoms with E-state index in [0.29, 0.717) is 30.9 Å². The number of likely N-dealkylation sites (N-methyl/N-ethyl adjacent to an activating group) is 1. The van der Waals surface area contributed by atoms with Gasteiger partial charge in [-0.05, 0) is 32.3 Å². The van der Waals surface area contributed by atoms with Crippen LogP contribution in [0, 0.1) is 11.3 Å². The van der Waals surface area contributed by atoms with E-state index in [0.717, 1.165) is 6.54 Å². The highest BCUT2D eigenvalue weighted by Crippen LogP contribution is 2.14. The lowest BCUT2D eigenvalue weighted by atomic mass is 10.1. The van der Waals surface area contributed by atoms with Gasteiger partial charge in [0.15, 0.2) is 0 Å². The van der Waals surface area contributed by atoms with Crippen LogP contribution in [0.15, 0.2) is 24.3 Å². The van der Waals surface area contributed by atoms with Crippen molar-refractivity contribution in [3.8, 4) is 6.07 Å². The molecule has 1 unspecified atom stereocenters. The van der Waals surface area contributed by atoms with Gasteiger partial charge in [0.2, 0.25) is 0 Å². The highest BCUT2D eigenvalue weighted by molar-refractivity contribution is 5.94. The summed E-state index contributed by atoms with van der Waals surface area (Å²) < 4.78 is 5.47. The molecule has 1 atom stereocenters. The minimum Gasteiger partial charge on any atom is -0.483 e. The smallest absolute Gasteiger partial charge is 0.290 e. The average Bonchev–Trinajstić information content (AvgIpc) is 2.55. The molecule has 2 rings (SSSR count). The molecule has 23 heavy (non-hydrogen) atoms. The quantitative estimate of drug-likeness (QED) is 0.823. The molecule has 0 spiro atoms. The number of nitriles is 1. The fourth-order valence-corrected chi connectivity index (χ4v) is 2.38. The lowest BCUT2D eigenvalue weighted by molar-refractivity contribution is -0.122. The third-order valence-electron chi connectivity index (χ3n) is 3.30. The van der Waals surface area contributed by atoms with Crippen molar-refractivity contribution in [2.45, 2.75) is 6.04 Å². The van der Waals surface area contributed by atoms with E-state index in [-0.39, 0.29) is 18.4 Å². The normalized spacial score (nSPS) is 17.0. The Balaban J connectivity index is 0.000000816. The van der Waals surface area contributed by atoms with Crippen molar-refractivity contribution in [2.75, 3.05) is 40.4 Å². The Morgan fingerprint density at radius 2 is 2.26 bits per heavy atom. The second-order valence-electron chi connectivity index (χ2n) is 5.29. The second kappa shape index (κ2) is 9.56. The standard InChI is InChI=1S/C15H19N3O2.CH2O2/c1-17(2)10-14-11-20-7-6-18(14)15(19)13-5-3-4-12(8-13)9-16;2-1-3/h3-5,8,14H,6-7,10-11H2,1-2H3;1H,(H,2,3). The third-order valence-corrected chi connectivity index (χ3v) is 3.30. The summed E-state index contributed by atoms with van der Waals surface area (Å²) in [6.07, 6.45) is 0. The molecule has 0 radical (unpaired) electrons. The molecule has 1 aromatic carbocycles. The Hall–Kier alpha value is -2.43. The molecule has 0 saturated carbocycles. The Morgan fingerprint density at radius 1 is 1.57 bits per heavy atom. The van der Waals surface area contributed by atoms with E-state index in [2.05, 4.69) is 6.07 Å². The van der Waals surface area contributed by atoms with Gasteiger partial charge in [-0.1, -0.05) is 6.07 Å². The van der Waals surface area contributed by atoms with Gasteiger partial charge >= 0.3 is 0 Å². The fourth-order valence-electron chi connectivity index (χ4n) is 2.38. The number of ether oxygens (including phenoxy) is 1. The minimum atomic E-state index is -0.250. The molecule has 124 valence electrons. The van der Waals surface area contributed by atoms with Crippen LogP contribution in [0.2, 0.25) is 0 Å². The van der Waals surface area contributed by atoms with E-state index < -0.39 is 0 Å². The molecule has 1 heterocycles. The predicted molar refractivity (Wildman–Crippen MR) is 84.0 cm³/mol. The Bertz CT molecular complexity index is 569. The number of carbonyl (C=O) groups excluding carboxylic acids is 1. The summed E-state index contributed by atoms with van der Waals surface area (Å²) in [5, 5.41) is 15.8. The molecule has 1 aliphatic heterocycles. The van der Waals surface area contributed by atoms with Crippen molar-refractivity contribution in [2.24, 2.45) is 0 Å². The number of rotatable bonds is 3. The first-order valence-electron chi connectivity index (χ1n) is 7.15. The maximum atomic E-state index is 12.6. The summed E-state index contributed by atoms with van der Waals surface area (Å²) in [7, 11) is 3.96.